The highest BCUT2D eigenvalue weighted by atomic mass is 16.3. The van der Waals surface area contributed by atoms with Gasteiger partial charge in [0.25, 0.3) is 0 Å². The van der Waals surface area contributed by atoms with Crippen molar-refractivity contribution >= 4 is 66.8 Å². The van der Waals surface area contributed by atoms with Crippen LogP contribution >= 0.6 is 0 Å². The lowest BCUT2D eigenvalue weighted by Crippen LogP contribution is -2.33. The second kappa shape index (κ2) is 12.7. The molecule has 0 atom stereocenters. The van der Waals surface area contributed by atoms with Gasteiger partial charge in [0.05, 0.1) is 11.3 Å². The summed E-state index contributed by atoms with van der Waals surface area (Å²) in [5.41, 5.74) is 13.5. The van der Waals surface area contributed by atoms with E-state index in [1.54, 1.807) is 0 Å². The van der Waals surface area contributed by atoms with Gasteiger partial charge in [-0.05, 0) is 88.3 Å². The third-order valence-electron chi connectivity index (χ3n) is 11.0. The number of furan rings is 2. The van der Waals surface area contributed by atoms with E-state index in [0.717, 1.165) is 84.4 Å². The molecule has 3 nitrogen and oxygen atoms in total. The predicted octanol–water partition coefficient (Wildman–Crippen LogP) is 12.6. The maximum Gasteiger partial charge on any atom is 0.152 e. The summed E-state index contributed by atoms with van der Waals surface area (Å²) >= 11 is 0. The Bertz CT molecular complexity index is 3210. The molecule has 3 heteroatoms. The van der Waals surface area contributed by atoms with Gasteiger partial charge >= 0.3 is 0 Å². The molecule has 2 heterocycles. The molecule has 10 aromatic rings. The largest absolute Gasteiger partial charge is 0.456 e. The summed E-state index contributed by atoms with van der Waals surface area (Å²) in [5, 5.41) is 6.86. The molecule has 0 bridgehead atoms. The zero-order valence-corrected chi connectivity index (χ0v) is 29.9. The van der Waals surface area contributed by atoms with Gasteiger partial charge in [-0.15, -0.1) is 0 Å². The van der Waals surface area contributed by atoms with Crippen LogP contribution in [0.2, 0.25) is 0 Å². The SMILES string of the molecule is c1cc2c(oc3ccccc32)c(-c2ccccc2N(C2=c3c(oc4ccccc34)=CCC2)c2ccc(-c3cccc(-c4cccc5ccccc45)c3)cc2)c#1. The zero-order chi connectivity index (χ0) is 36.3. The second-order valence-electron chi connectivity index (χ2n) is 14.2. The van der Waals surface area contributed by atoms with Gasteiger partial charge in [-0.1, -0.05) is 140 Å². The minimum absolute atomic E-state index is 0.810. The molecule has 2 aromatic heterocycles. The van der Waals surface area contributed by atoms with E-state index in [2.05, 4.69) is 169 Å². The lowest BCUT2D eigenvalue weighted by atomic mass is 9.95. The third-order valence-corrected chi connectivity index (χ3v) is 11.0. The maximum atomic E-state index is 6.56. The van der Waals surface area contributed by atoms with Gasteiger partial charge in [0.1, 0.15) is 16.6 Å². The summed E-state index contributed by atoms with van der Waals surface area (Å²) in [4.78, 5) is 2.43. The molecule has 0 unspecified atom stereocenters. The van der Waals surface area contributed by atoms with Crippen LogP contribution in [-0.4, -0.2) is 0 Å². The number of hydrogen-bond donors (Lipinski definition) is 0. The smallest absolute Gasteiger partial charge is 0.152 e. The van der Waals surface area contributed by atoms with E-state index >= 15 is 0 Å². The topological polar surface area (TPSA) is 29.5 Å². The molecule has 0 radical (unpaired) electrons. The molecule has 0 aliphatic heterocycles. The number of hydrogen-bond acceptors (Lipinski definition) is 3. The van der Waals surface area contributed by atoms with Crippen molar-refractivity contribution in [2.24, 2.45) is 0 Å². The van der Waals surface area contributed by atoms with Crippen molar-refractivity contribution in [1.29, 1.82) is 0 Å². The van der Waals surface area contributed by atoms with Crippen LogP contribution in [0, 0.1) is 12.1 Å². The molecule has 258 valence electrons. The Labute approximate surface area is 318 Å². The van der Waals surface area contributed by atoms with Crippen LogP contribution in [0.4, 0.5) is 11.4 Å². The quantitative estimate of drug-likeness (QED) is 0.173. The molecule has 0 amide bonds. The molecule has 0 saturated heterocycles. The lowest BCUT2D eigenvalue weighted by molar-refractivity contribution is 0.570. The fourth-order valence-corrected chi connectivity index (χ4v) is 8.48. The van der Waals surface area contributed by atoms with Crippen molar-refractivity contribution in [3.63, 3.8) is 0 Å². The van der Waals surface area contributed by atoms with Crippen LogP contribution in [-0.2, 0) is 0 Å². The van der Waals surface area contributed by atoms with E-state index < -0.39 is 0 Å². The minimum atomic E-state index is 0.810. The van der Waals surface area contributed by atoms with E-state index in [1.807, 2.05) is 24.3 Å². The Balaban J connectivity index is 1.10. The Morgan fingerprint density at radius 1 is 0.527 bits per heavy atom. The average Bonchev–Trinajstić information content (AvgIpc) is 3.83. The molecule has 11 rings (SSSR count). The molecule has 1 aliphatic rings. The van der Waals surface area contributed by atoms with Crippen molar-refractivity contribution in [2.75, 3.05) is 4.90 Å². The van der Waals surface area contributed by atoms with Crippen molar-refractivity contribution in [3.8, 4) is 33.4 Å². The second-order valence-corrected chi connectivity index (χ2v) is 14.2. The standard InChI is InChI=1S/C52H33NO2/c1-2-17-39-35(13-1)14-10-21-40(39)37-16-9-15-36(33-37)34-29-31-38(32-30-34)53(47-25-12-28-50-51(47)45-20-5-8-27-49(45)54-50)46-24-6-3-18-41(46)43-22-11-23-44-42-19-4-7-26-48(42)55-52(43)44/h1-10,13-21,23-24,26-33H,12,25H2. The van der Waals surface area contributed by atoms with E-state index in [9.17, 15) is 0 Å². The number of fused-ring (bicyclic) bond motifs is 7. The maximum absolute atomic E-state index is 6.56. The summed E-state index contributed by atoms with van der Waals surface area (Å²) in [6.07, 6.45) is 3.95. The number of para-hydroxylation sites is 3. The van der Waals surface area contributed by atoms with Gasteiger partial charge in [-0.2, -0.15) is 0 Å². The first-order valence-electron chi connectivity index (χ1n) is 18.8. The fourth-order valence-electron chi connectivity index (χ4n) is 8.48. The monoisotopic (exact) mass is 703 g/mol. The van der Waals surface area contributed by atoms with Gasteiger partial charge in [0.2, 0.25) is 0 Å². The van der Waals surface area contributed by atoms with Gasteiger partial charge in [-0.3, -0.25) is 0 Å². The van der Waals surface area contributed by atoms with Crippen molar-refractivity contribution in [1.82, 2.24) is 0 Å². The predicted molar refractivity (Wildman–Crippen MR) is 226 cm³/mol. The number of rotatable bonds is 6. The normalized spacial score (nSPS) is 12.5. The summed E-state index contributed by atoms with van der Waals surface area (Å²) in [5.74, 6) is 0. The highest BCUT2D eigenvalue weighted by Crippen LogP contribution is 2.43. The van der Waals surface area contributed by atoms with Crippen LogP contribution < -0.4 is 15.5 Å². The van der Waals surface area contributed by atoms with Crippen LogP contribution in [0.5, 0.6) is 0 Å². The van der Waals surface area contributed by atoms with E-state index in [0.29, 0.717) is 0 Å². The van der Waals surface area contributed by atoms with Crippen LogP contribution in [0.25, 0.3) is 88.8 Å². The fraction of sp³-hybridized carbons (Fsp3) is 0.0385. The zero-order valence-electron chi connectivity index (χ0n) is 29.9. The molecule has 0 fully saturated rings. The summed E-state index contributed by atoms with van der Waals surface area (Å²) in [7, 11) is 0. The number of benzene rings is 7. The first-order valence-corrected chi connectivity index (χ1v) is 18.8. The Hall–Kier alpha value is -7.28. The molecule has 1 aliphatic carbocycles. The highest BCUT2D eigenvalue weighted by molar-refractivity contribution is 6.10. The van der Waals surface area contributed by atoms with Crippen molar-refractivity contribution in [3.05, 3.63) is 193 Å². The molecule has 0 N–H and O–H groups in total. The Kier molecular flexibility index (Phi) is 7.21. The van der Waals surface area contributed by atoms with Gasteiger partial charge in [0, 0.05) is 44.4 Å². The average molecular weight is 704 g/mol. The van der Waals surface area contributed by atoms with Crippen LogP contribution in [0.15, 0.2) is 179 Å². The minimum Gasteiger partial charge on any atom is -0.456 e. The summed E-state index contributed by atoms with van der Waals surface area (Å²) in [6.45, 7) is 0. The number of nitrogens with zero attached hydrogens (tertiary/aromatic N) is 1. The third kappa shape index (κ3) is 5.15. The molecular weight excluding hydrogens is 671 g/mol. The molecule has 55 heavy (non-hydrogen) atoms. The molecule has 0 spiro atoms. The Morgan fingerprint density at radius 3 is 2.11 bits per heavy atom. The highest BCUT2D eigenvalue weighted by Gasteiger charge is 2.24. The van der Waals surface area contributed by atoms with Crippen molar-refractivity contribution in [2.45, 2.75) is 12.8 Å². The van der Waals surface area contributed by atoms with Gasteiger partial charge in [0.15, 0.2) is 5.58 Å². The van der Waals surface area contributed by atoms with Crippen LogP contribution in [0.1, 0.15) is 12.8 Å². The van der Waals surface area contributed by atoms with Gasteiger partial charge < -0.3 is 13.7 Å². The van der Waals surface area contributed by atoms with E-state index in [1.165, 1.54) is 33.2 Å². The first kappa shape index (κ1) is 31.3. The van der Waals surface area contributed by atoms with E-state index in [4.69, 9.17) is 8.83 Å². The molecule has 0 saturated carbocycles. The first-order chi connectivity index (χ1) is 27.3. The lowest BCUT2D eigenvalue weighted by Gasteiger charge is -2.30. The molecule has 8 aromatic carbocycles. The van der Waals surface area contributed by atoms with Crippen molar-refractivity contribution < 1.29 is 8.83 Å². The van der Waals surface area contributed by atoms with Gasteiger partial charge in [-0.25, -0.2) is 0 Å². The summed E-state index contributed by atoms with van der Waals surface area (Å²) < 4.78 is 13.0. The van der Waals surface area contributed by atoms with Crippen LogP contribution in [0.3, 0.4) is 0 Å². The van der Waals surface area contributed by atoms with E-state index in [-0.39, 0.29) is 0 Å². The molecular formula is C52H33NO2. The summed E-state index contributed by atoms with van der Waals surface area (Å²) in [6, 6.07) is 66.9. The Morgan fingerprint density at radius 2 is 1.22 bits per heavy atom. The number of anilines is 2.